The van der Waals surface area contributed by atoms with Gasteiger partial charge in [0.2, 0.25) is 0 Å². The van der Waals surface area contributed by atoms with Gasteiger partial charge in [-0.25, -0.2) is 4.98 Å². The van der Waals surface area contributed by atoms with Gasteiger partial charge in [0.05, 0.1) is 24.4 Å². The Morgan fingerprint density at radius 2 is 2.42 bits per heavy atom. The van der Waals surface area contributed by atoms with Crippen molar-refractivity contribution in [2.45, 2.75) is 26.7 Å². The number of hydrogen-bond donors (Lipinski definition) is 1. The van der Waals surface area contributed by atoms with Crippen LogP contribution in [0.4, 0.5) is 11.5 Å². The molecular weight excluding hydrogens is 242 g/mol. The molecule has 5 nitrogen and oxygen atoms in total. The molecule has 19 heavy (non-hydrogen) atoms. The zero-order valence-corrected chi connectivity index (χ0v) is 11.6. The van der Waals surface area contributed by atoms with Gasteiger partial charge in [-0.2, -0.15) is 0 Å². The average molecular weight is 263 g/mol. The van der Waals surface area contributed by atoms with E-state index >= 15 is 0 Å². The van der Waals surface area contributed by atoms with E-state index in [2.05, 4.69) is 9.88 Å². The van der Waals surface area contributed by atoms with Crippen LogP contribution in [0.5, 0.6) is 0 Å². The molecule has 0 aromatic carbocycles. The second kappa shape index (κ2) is 5.91. The summed E-state index contributed by atoms with van der Waals surface area (Å²) in [5, 5.41) is 0. The Morgan fingerprint density at radius 3 is 3.11 bits per heavy atom. The number of pyridine rings is 1. The third-order valence-electron chi connectivity index (χ3n) is 3.51. The first kappa shape index (κ1) is 13.6. The molecule has 2 rings (SSSR count). The highest BCUT2D eigenvalue weighted by Gasteiger charge is 2.27. The van der Waals surface area contributed by atoms with Crippen molar-refractivity contribution >= 4 is 17.5 Å². The normalized spacial score (nSPS) is 19.3. The Labute approximate surface area is 113 Å². The number of aryl methyl sites for hydroxylation is 1. The van der Waals surface area contributed by atoms with Crippen LogP contribution < -0.4 is 10.6 Å². The molecule has 1 atom stereocenters. The molecule has 0 spiro atoms. The van der Waals surface area contributed by atoms with E-state index in [1.54, 1.807) is 6.20 Å². The highest BCUT2D eigenvalue weighted by molar-refractivity contribution is 5.73. The van der Waals surface area contributed by atoms with Crippen LogP contribution in [-0.4, -0.2) is 30.6 Å². The number of piperidine rings is 1. The van der Waals surface area contributed by atoms with Gasteiger partial charge in [0.1, 0.15) is 5.82 Å². The maximum atomic E-state index is 11.8. The highest BCUT2D eigenvalue weighted by atomic mass is 16.5. The summed E-state index contributed by atoms with van der Waals surface area (Å²) in [6.07, 6.45) is 3.67. The first-order valence-electron chi connectivity index (χ1n) is 6.75. The van der Waals surface area contributed by atoms with E-state index < -0.39 is 0 Å². The van der Waals surface area contributed by atoms with E-state index in [-0.39, 0.29) is 11.9 Å². The quantitative estimate of drug-likeness (QED) is 0.841. The van der Waals surface area contributed by atoms with E-state index in [0.29, 0.717) is 19.0 Å². The van der Waals surface area contributed by atoms with Gasteiger partial charge in [-0.1, -0.05) is 0 Å². The molecule has 5 heteroatoms. The van der Waals surface area contributed by atoms with Gasteiger partial charge in [-0.05, 0) is 38.3 Å². The molecule has 1 aliphatic heterocycles. The lowest BCUT2D eigenvalue weighted by atomic mass is 9.98. The Hall–Kier alpha value is -1.78. The number of nitrogens with zero attached hydrogens (tertiary/aromatic N) is 2. The lowest BCUT2D eigenvalue weighted by molar-refractivity contribution is -0.148. The number of carbonyl (C=O) groups excluding carboxylic acids is 1. The fraction of sp³-hybridized carbons (Fsp3) is 0.571. The summed E-state index contributed by atoms with van der Waals surface area (Å²) in [7, 11) is 0. The monoisotopic (exact) mass is 263 g/mol. The topological polar surface area (TPSA) is 68.5 Å². The Kier molecular flexibility index (Phi) is 4.24. The van der Waals surface area contributed by atoms with Crippen LogP contribution in [0.3, 0.4) is 0 Å². The number of anilines is 2. The molecule has 104 valence electrons. The maximum Gasteiger partial charge on any atom is 0.310 e. The molecule has 0 bridgehead atoms. The van der Waals surface area contributed by atoms with Gasteiger partial charge >= 0.3 is 5.97 Å². The molecule has 0 amide bonds. The van der Waals surface area contributed by atoms with Crippen molar-refractivity contribution in [2.24, 2.45) is 5.92 Å². The van der Waals surface area contributed by atoms with Gasteiger partial charge in [0.15, 0.2) is 0 Å². The number of aromatic nitrogens is 1. The van der Waals surface area contributed by atoms with Gasteiger partial charge in [0.25, 0.3) is 0 Å². The van der Waals surface area contributed by atoms with E-state index in [1.807, 2.05) is 19.9 Å². The zero-order valence-electron chi connectivity index (χ0n) is 11.6. The van der Waals surface area contributed by atoms with Crippen LogP contribution in [0, 0.1) is 12.8 Å². The number of hydrogen-bond acceptors (Lipinski definition) is 5. The molecule has 1 saturated heterocycles. The fourth-order valence-corrected chi connectivity index (χ4v) is 2.41. The van der Waals surface area contributed by atoms with Crippen LogP contribution in [0.15, 0.2) is 12.3 Å². The molecule has 2 N–H and O–H groups in total. The summed E-state index contributed by atoms with van der Waals surface area (Å²) in [4.78, 5) is 18.2. The Bertz CT molecular complexity index is 462. The van der Waals surface area contributed by atoms with Crippen molar-refractivity contribution in [1.29, 1.82) is 0 Å². The summed E-state index contributed by atoms with van der Waals surface area (Å²) in [5.74, 6) is 0.432. The summed E-state index contributed by atoms with van der Waals surface area (Å²) < 4.78 is 5.11. The lowest BCUT2D eigenvalue weighted by Gasteiger charge is -2.33. The molecule has 0 aliphatic carbocycles. The molecule has 1 fully saturated rings. The third-order valence-corrected chi connectivity index (χ3v) is 3.51. The highest BCUT2D eigenvalue weighted by Crippen LogP contribution is 2.25. The summed E-state index contributed by atoms with van der Waals surface area (Å²) in [6.45, 7) is 5.87. The van der Waals surface area contributed by atoms with Crippen molar-refractivity contribution in [2.75, 3.05) is 30.3 Å². The van der Waals surface area contributed by atoms with Crippen LogP contribution in [0.25, 0.3) is 0 Å². The van der Waals surface area contributed by atoms with Crippen LogP contribution in [0.2, 0.25) is 0 Å². The fourth-order valence-electron chi connectivity index (χ4n) is 2.41. The van der Waals surface area contributed by atoms with E-state index in [1.165, 1.54) is 0 Å². The van der Waals surface area contributed by atoms with Gasteiger partial charge < -0.3 is 15.4 Å². The second-order valence-electron chi connectivity index (χ2n) is 4.93. The smallest absolute Gasteiger partial charge is 0.310 e. The Morgan fingerprint density at radius 1 is 1.63 bits per heavy atom. The van der Waals surface area contributed by atoms with Gasteiger partial charge in [-0.3, -0.25) is 4.79 Å². The van der Waals surface area contributed by atoms with E-state index in [9.17, 15) is 4.79 Å². The minimum atomic E-state index is -0.0904. The predicted molar refractivity (Wildman–Crippen MR) is 75.0 cm³/mol. The molecule has 0 radical (unpaired) electrons. The molecule has 1 unspecified atom stereocenters. The summed E-state index contributed by atoms with van der Waals surface area (Å²) in [6, 6.07) is 2.02. The maximum absolute atomic E-state index is 11.8. The van der Waals surface area contributed by atoms with Crippen molar-refractivity contribution in [3.8, 4) is 0 Å². The number of ether oxygens (including phenoxy) is 1. The van der Waals surface area contributed by atoms with E-state index in [0.717, 1.165) is 30.6 Å². The van der Waals surface area contributed by atoms with Crippen molar-refractivity contribution < 1.29 is 9.53 Å². The predicted octanol–water partition coefficient (Wildman–Crippen LogP) is 1.75. The zero-order chi connectivity index (χ0) is 13.8. The molecule has 1 aromatic heterocycles. The van der Waals surface area contributed by atoms with Gasteiger partial charge in [0, 0.05) is 13.1 Å². The molecule has 2 heterocycles. The number of nitrogen functional groups attached to an aromatic ring is 1. The third kappa shape index (κ3) is 3.16. The standard InChI is InChI=1S/C14H21N3O2/c1-3-19-14(18)11-5-4-6-17(9-11)12-7-10(2)13(15)16-8-12/h7-8,11H,3-6,9H2,1-2H3,(H2,15,16). The van der Waals surface area contributed by atoms with Crippen molar-refractivity contribution in [1.82, 2.24) is 4.98 Å². The first-order valence-corrected chi connectivity index (χ1v) is 6.75. The number of carbonyl (C=O) groups is 1. The molecule has 1 aliphatic rings. The van der Waals surface area contributed by atoms with Crippen molar-refractivity contribution in [3.05, 3.63) is 17.8 Å². The van der Waals surface area contributed by atoms with Crippen LogP contribution in [-0.2, 0) is 9.53 Å². The largest absolute Gasteiger partial charge is 0.466 e. The molecule has 0 saturated carbocycles. The number of rotatable bonds is 3. The van der Waals surface area contributed by atoms with Crippen LogP contribution >= 0.6 is 0 Å². The summed E-state index contributed by atoms with van der Waals surface area (Å²) in [5.41, 5.74) is 7.73. The van der Waals surface area contributed by atoms with Crippen LogP contribution in [0.1, 0.15) is 25.3 Å². The van der Waals surface area contributed by atoms with Gasteiger partial charge in [-0.15, -0.1) is 0 Å². The lowest BCUT2D eigenvalue weighted by Crippen LogP contribution is -2.39. The first-order chi connectivity index (χ1) is 9.11. The Balaban J connectivity index is 2.08. The molecule has 1 aromatic rings. The van der Waals surface area contributed by atoms with E-state index in [4.69, 9.17) is 10.5 Å². The minimum Gasteiger partial charge on any atom is -0.466 e. The number of nitrogens with two attached hydrogens (primary N) is 1. The molecular formula is C14H21N3O2. The van der Waals surface area contributed by atoms with Crippen molar-refractivity contribution in [3.63, 3.8) is 0 Å². The second-order valence-corrected chi connectivity index (χ2v) is 4.93. The minimum absolute atomic E-state index is 0.0356. The average Bonchev–Trinajstić information content (AvgIpc) is 2.42. The SMILES string of the molecule is CCOC(=O)C1CCCN(c2cnc(N)c(C)c2)C1. The summed E-state index contributed by atoms with van der Waals surface area (Å²) >= 11 is 0. The number of esters is 1.